The van der Waals surface area contributed by atoms with Crippen LogP contribution >= 0.6 is 0 Å². The summed E-state index contributed by atoms with van der Waals surface area (Å²) in [7, 11) is 0. The van der Waals surface area contributed by atoms with Crippen molar-refractivity contribution in [3.63, 3.8) is 0 Å². The fourth-order valence-corrected chi connectivity index (χ4v) is 4.36. The average Bonchev–Trinajstić information content (AvgIpc) is 2.83. The summed E-state index contributed by atoms with van der Waals surface area (Å²) in [4.78, 5) is 15.0. The van der Waals surface area contributed by atoms with Gasteiger partial charge in [0, 0.05) is 29.3 Å². The van der Waals surface area contributed by atoms with E-state index in [-0.39, 0.29) is 17.5 Å². The summed E-state index contributed by atoms with van der Waals surface area (Å²) in [6, 6.07) is 19.4. The molecule has 1 fully saturated rings. The summed E-state index contributed by atoms with van der Waals surface area (Å²) in [5, 5.41) is 13.0. The zero-order valence-electron chi connectivity index (χ0n) is 19.5. The summed E-state index contributed by atoms with van der Waals surface area (Å²) >= 11 is 0. The number of carbonyl (C=O) groups excluding carboxylic acids is 1. The monoisotopic (exact) mass is 444 g/mol. The molecule has 0 aromatic heterocycles. The molecule has 1 saturated carbocycles. The standard InChI is InChI=1S/C28H36N4O/c29-21-23(28(33)31-25-13-9-6-4-2-1-3-5-7-10-14-25)22-32(26-15-11-8-12-16-26)27-19-17-24(30)18-20-27/h8,11-12,15-20,22,25H,1-7,9-10,13-14,30H2,(H,31,33)/b23-22-. The minimum Gasteiger partial charge on any atom is -0.399 e. The van der Waals surface area contributed by atoms with Gasteiger partial charge in [-0.15, -0.1) is 0 Å². The summed E-state index contributed by atoms with van der Waals surface area (Å²) in [5.74, 6) is -0.300. The molecule has 1 aliphatic carbocycles. The van der Waals surface area contributed by atoms with Crippen molar-refractivity contribution in [2.75, 3.05) is 10.6 Å². The lowest BCUT2D eigenvalue weighted by Crippen LogP contribution is -2.36. The Kier molecular flexibility index (Phi) is 9.85. The Morgan fingerprint density at radius 2 is 1.36 bits per heavy atom. The fourth-order valence-electron chi connectivity index (χ4n) is 4.36. The van der Waals surface area contributed by atoms with Crippen molar-refractivity contribution < 1.29 is 4.79 Å². The van der Waals surface area contributed by atoms with E-state index < -0.39 is 0 Å². The number of para-hydroxylation sites is 1. The molecule has 5 heteroatoms. The number of amides is 1. The number of benzene rings is 2. The number of nitriles is 1. The molecule has 0 heterocycles. The molecule has 5 nitrogen and oxygen atoms in total. The van der Waals surface area contributed by atoms with Crippen LogP contribution in [0.15, 0.2) is 66.4 Å². The van der Waals surface area contributed by atoms with Gasteiger partial charge >= 0.3 is 0 Å². The molecule has 3 rings (SSSR count). The van der Waals surface area contributed by atoms with Crippen molar-refractivity contribution in [3.8, 4) is 6.07 Å². The lowest BCUT2D eigenvalue weighted by molar-refractivity contribution is -0.117. The van der Waals surface area contributed by atoms with Gasteiger partial charge in [0.15, 0.2) is 0 Å². The highest BCUT2D eigenvalue weighted by molar-refractivity contribution is 5.98. The molecule has 3 N–H and O–H groups in total. The molecular formula is C28H36N4O. The van der Waals surface area contributed by atoms with Crippen LogP contribution in [0.4, 0.5) is 17.1 Å². The SMILES string of the molecule is N#C/C(=C/N(c1ccccc1)c1ccc(N)cc1)C(=O)NC1CCCCCCCCCCC1. The number of nitrogen functional groups attached to an aromatic ring is 1. The second kappa shape index (κ2) is 13.3. The predicted molar refractivity (Wildman–Crippen MR) is 136 cm³/mol. The predicted octanol–water partition coefficient (Wildman–Crippen LogP) is 6.60. The number of hydrogen-bond donors (Lipinski definition) is 2. The summed E-state index contributed by atoms with van der Waals surface area (Å²) in [5.41, 5.74) is 8.32. The highest BCUT2D eigenvalue weighted by atomic mass is 16.1. The molecule has 0 spiro atoms. The molecule has 1 amide bonds. The van der Waals surface area contributed by atoms with Gasteiger partial charge in [0.2, 0.25) is 0 Å². The van der Waals surface area contributed by atoms with E-state index in [4.69, 9.17) is 5.73 Å². The molecule has 0 aliphatic heterocycles. The first kappa shape index (κ1) is 24.4. The van der Waals surface area contributed by atoms with E-state index in [9.17, 15) is 10.1 Å². The Balaban J connectivity index is 1.77. The molecule has 0 bridgehead atoms. The smallest absolute Gasteiger partial charge is 0.263 e. The van der Waals surface area contributed by atoms with Gasteiger partial charge in [-0.05, 0) is 49.2 Å². The van der Waals surface area contributed by atoms with Gasteiger partial charge in [-0.25, -0.2) is 0 Å². The van der Waals surface area contributed by atoms with Gasteiger partial charge in [0.1, 0.15) is 11.6 Å². The van der Waals surface area contributed by atoms with Crippen molar-refractivity contribution >= 4 is 23.0 Å². The first-order valence-electron chi connectivity index (χ1n) is 12.3. The van der Waals surface area contributed by atoms with E-state index in [1.807, 2.05) is 59.5 Å². The third-order valence-corrected chi connectivity index (χ3v) is 6.27. The van der Waals surface area contributed by atoms with Gasteiger partial charge in [-0.3, -0.25) is 4.79 Å². The Labute approximate surface area is 198 Å². The van der Waals surface area contributed by atoms with Crippen molar-refractivity contribution in [1.29, 1.82) is 5.26 Å². The van der Waals surface area contributed by atoms with Crippen LogP contribution in [0.3, 0.4) is 0 Å². The number of nitrogens with one attached hydrogen (secondary N) is 1. The molecule has 0 saturated heterocycles. The van der Waals surface area contributed by atoms with E-state index in [1.165, 1.54) is 44.9 Å². The van der Waals surface area contributed by atoms with Gasteiger partial charge in [-0.2, -0.15) is 5.26 Å². The molecule has 2 aromatic rings. The molecular weight excluding hydrogens is 408 g/mol. The second-order valence-electron chi connectivity index (χ2n) is 8.88. The minimum absolute atomic E-state index is 0.0989. The highest BCUT2D eigenvalue weighted by Gasteiger charge is 2.18. The topological polar surface area (TPSA) is 82.2 Å². The van der Waals surface area contributed by atoms with Crippen LogP contribution in [-0.2, 0) is 4.79 Å². The van der Waals surface area contributed by atoms with Crippen LogP contribution in [-0.4, -0.2) is 11.9 Å². The van der Waals surface area contributed by atoms with E-state index in [2.05, 4.69) is 11.4 Å². The van der Waals surface area contributed by atoms with Crippen molar-refractivity contribution in [2.45, 2.75) is 76.7 Å². The molecule has 0 unspecified atom stereocenters. The lowest BCUT2D eigenvalue weighted by atomic mass is 9.97. The van der Waals surface area contributed by atoms with Crippen LogP contribution in [0.2, 0.25) is 0 Å². The number of anilines is 3. The van der Waals surface area contributed by atoms with Crippen molar-refractivity contribution in [2.24, 2.45) is 0 Å². The van der Waals surface area contributed by atoms with Crippen LogP contribution in [0, 0.1) is 11.3 Å². The van der Waals surface area contributed by atoms with Gasteiger partial charge in [0.05, 0.1) is 0 Å². The number of rotatable bonds is 5. The highest BCUT2D eigenvalue weighted by Crippen LogP contribution is 2.27. The Morgan fingerprint density at radius 1 is 0.848 bits per heavy atom. The fraction of sp³-hybridized carbons (Fsp3) is 0.429. The molecule has 1 aliphatic rings. The largest absolute Gasteiger partial charge is 0.399 e. The van der Waals surface area contributed by atoms with Gasteiger partial charge in [-0.1, -0.05) is 76.0 Å². The maximum atomic E-state index is 13.1. The Morgan fingerprint density at radius 3 is 1.91 bits per heavy atom. The Hall–Kier alpha value is -3.26. The van der Waals surface area contributed by atoms with Crippen LogP contribution in [0.1, 0.15) is 70.6 Å². The zero-order chi connectivity index (χ0) is 23.3. The van der Waals surface area contributed by atoms with Crippen LogP contribution in [0.25, 0.3) is 0 Å². The molecule has 174 valence electrons. The van der Waals surface area contributed by atoms with Gasteiger partial charge in [0.25, 0.3) is 5.91 Å². The number of nitrogens with zero attached hydrogens (tertiary/aromatic N) is 2. The first-order chi connectivity index (χ1) is 16.2. The number of carbonyl (C=O) groups is 1. The molecule has 33 heavy (non-hydrogen) atoms. The zero-order valence-corrected chi connectivity index (χ0v) is 19.5. The first-order valence-corrected chi connectivity index (χ1v) is 12.3. The third kappa shape index (κ3) is 7.98. The Bertz CT molecular complexity index is 919. The van der Waals surface area contributed by atoms with Crippen LogP contribution < -0.4 is 16.0 Å². The molecule has 0 atom stereocenters. The number of hydrogen-bond acceptors (Lipinski definition) is 4. The summed E-state index contributed by atoms with van der Waals surface area (Å²) in [6.45, 7) is 0. The van der Waals surface area contributed by atoms with Crippen LogP contribution in [0.5, 0.6) is 0 Å². The van der Waals surface area contributed by atoms with E-state index in [0.29, 0.717) is 5.69 Å². The number of nitrogens with two attached hydrogens (primary N) is 1. The quantitative estimate of drug-likeness (QED) is 0.309. The minimum atomic E-state index is -0.300. The summed E-state index contributed by atoms with van der Waals surface area (Å²) < 4.78 is 0. The average molecular weight is 445 g/mol. The van der Waals surface area contributed by atoms with Crippen molar-refractivity contribution in [3.05, 3.63) is 66.4 Å². The molecule has 0 radical (unpaired) electrons. The van der Waals surface area contributed by atoms with Crippen molar-refractivity contribution in [1.82, 2.24) is 5.32 Å². The van der Waals surface area contributed by atoms with Gasteiger partial charge < -0.3 is 16.0 Å². The summed E-state index contributed by atoms with van der Waals surface area (Å²) in [6.07, 6.45) is 14.8. The normalized spacial score (nSPS) is 16.6. The second-order valence-corrected chi connectivity index (χ2v) is 8.88. The maximum absolute atomic E-state index is 13.1. The van der Waals surface area contributed by atoms with E-state index in [1.54, 1.807) is 6.20 Å². The lowest BCUT2D eigenvalue weighted by Gasteiger charge is -2.23. The third-order valence-electron chi connectivity index (χ3n) is 6.27. The maximum Gasteiger partial charge on any atom is 0.263 e. The van der Waals surface area contributed by atoms with E-state index in [0.717, 1.165) is 37.1 Å². The van der Waals surface area contributed by atoms with E-state index >= 15 is 0 Å². The molecule has 2 aromatic carbocycles.